The lowest BCUT2D eigenvalue weighted by atomic mass is 9.94. The molecule has 0 bridgehead atoms. The summed E-state index contributed by atoms with van der Waals surface area (Å²) < 4.78 is 0. The van der Waals surface area contributed by atoms with E-state index in [2.05, 4.69) is 9.74 Å². The largest absolute Gasteiger partial charge is 0.315 e. The molecule has 1 atom stereocenters. The molecule has 2 nitrogen and oxygen atoms in total. The molecular formula is C12H20N2. The maximum atomic E-state index is 6.97. The van der Waals surface area contributed by atoms with Crippen molar-refractivity contribution < 1.29 is 0 Å². The average molecular weight is 192 g/mol. The summed E-state index contributed by atoms with van der Waals surface area (Å²) in [6.45, 7) is 8.96. The summed E-state index contributed by atoms with van der Waals surface area (Å²) in [5, 5.41) is 0. The van der Waals surface area contributed by atoms with Crippen LogP contribution in [0.15, 0.2) is 0 Å². The zero-order chi connectivity index (χ0) is 9.80. The van der Waals surface area contributed by atoms with Crippen molar-refractivity contribution in [2.45, 2.75) is 57.0 Å². The van der Waals surface area contributed by atoms with Crippen molar-refractivity contribution in [3.63, 3.8) is 0 Å². The van der Waals surface area contributed by atoms with Gasteiger partial charge >= 0.3 is 0 Å². The fourth-order valence-corrected chi connectivity index (χ4v) is 3.05. The molecule has 14 heavy (non-hydrogen) atoms. The lowest BCUT2D eigenvalue weighted by Gasteiger charge is -2.33. The molecule has 2 fully saturated rings. The Hall–Kier alpha value is -0.550. The first-order valence-electron chi connectivity index (χ1n) is 6.01. The molecule has 0 spiro atoms. The maximum absolute atomic E-state index is 6.97. The second-order valence-corrected chi connectivity index (χ2v) is 4.67. The van der Waals surface area contributed by atoms with E-state index in [4.69, 9.17) is 6.57 Å². The molecule has 0 aromatic carbocycles. The number of hydrogen-bond donors (Lipinski definition) is 0. The van der Waals surface area contributed by atoms with E-state index in [1.165, 1.54) is 51.5 Å². The third-order valence-corrected chi connectivity index (χ3v) is 3.77. The predicted molar refractivity (Wildman–Crippen MR) is 58.1 cm³/mol. The number of hydrogen-bond acceptors (Lipinski definition) is 1. The maximum Gasteiger partial charge on any atom is 0.230 e. The molecule has 0 N–H and O–H groups in total. The van der Waals surface area contributed by atoms with Gasteiger partial charge in [0.1, 0.15) is 0 Å². The second-order valence-electron chi connectivity index (χ2n) is 4.67. The van der Waals surface area contributed by atoms with Crippen LogP contribution >= 0.6 is 0 Å². The van der Waals surface area contributed by atoms with E-state index in [9.17, 15) is 0 Å². The van der Waals surface area contributed by atoms with Crippen LogP contribution in [0, 0.1) is 6.57 Å². The van der Waals surface area contributed by atoms with Gasteiger partial charge in [-0.3, -0.25) is 4.90 Å². The topological polar surface area (TPSA) is 7.60 Å². The summed E-state index contributed by atoms with van der Waals surface area (Å²) in [6, 6.07) is 1.41. The monoisotopic (exact) mass is 192 g/mol. The standard InChI is InChI=1S/C12H20N2/c1-13-10-12-8-5-9-14(12)11-6-3-2-4-7-11/h11-12H,2-10H2. The molecule has 0 radical (unpaired) electrons. The minimum atomic E-state index is 0.593. The SMILES string of the molecule is [C-]#[N+]CC1CCCN1C1CCCCC1. The van der Waals surface area contributed by atoms with Crippen LogP contribution in [0.25, 0.3) is 4.85 Å². The van der Waals surface area contributed by atoms with Gasteiger partial charge in [-0.1, -0.05) is 19.3 Å². The molecular weight excluding hydrogens is 172 g/mol. The van der Waals surface area contributed by atoms with E-state index in [0.29, 0.717) is 6.04 Å². The van der Waals surface area contributed by atoms with Gasteiger partial charge in [0.25, 0.3) is 0 Å². The third kappa shape index (κ3) is 2.09. The van der Waals surface area contributed by atoms with E-state index < -0.39 is 0 Å². The van der Waals surface area contributed by atoms with Crippen LogP contribution in [0.1, 0.15) is 44.9 Å². The van der Waals surface area contributed by atoms with Crippen LogP contribution in [0.4, 0.5) is 0 Å². The molecule has 1 aliphatic heterocycles. The predicted octanol–water partition coefficient (Wildman–Crippen LogP) is 2.70. The van der Waals surface area contributed by atoms with E-state index in [1.807, 2.05) is 0 Å². The highest BCUT2D eigenvalue weighted by molar-refractivity contribution is 4.89. The summed E-state index contributed by atoms with van der Waals surface area (Å²) in [4.78, 5) is 6.21. The van der Waals surface area contributed by atoms with Crippen LogP contribution < -0.4 is 0 Å². The average Bonchev–Trinajstić information content (AvgIpc) is 2.68. The minimum absolute atomic E-state index is 0.593. The van der Waals surface area contributed by atoms with Crippen LogP contribution in [0.5, 0.6) is 0 Å². The van der Waals surface area contributed by atoms with Crippen molar-refractivity contribution in [3.05, 3.63) is 11.4 Å². The number of rotatable bonds is 2. The zero-order valence-corrected chi connectivity index (χ0v) is 8.91. The Kier molecular flexibility index (Phi) is 3.42. The highest BCUT2D eigenvalue weighted by atomic mass is 15.2. The van der Waals surface area contributed by atoms with Crippen LogP contribution in [-0.4, -0.2) is 30.1 Å². The summed E-state index contributed by atoms with van der Waals surface area (Å²) in [6.07, 6.45) is 9.59. The normalized spacial score (nSPS) is 30.4. The molecule has 2 rings (SSSR count). The second kappa shape index (κ2) is 4.79. The fourth-order valence-electron chi connectivity index (χ4n) is 3.05. The summed E-state index contributed by atoms with van der Waals surface area (Å²) in [7, 11) is 0. The molecule has 1 saturated carbocycles. The van der Waals surface area contributed by atoms with Gasteiger partial charge in [-0.25, -0.2) is 6.57 Å². The van der Waals surface area contributed by atoms with Crippen LogP contribution in [0.2, 0.25) is 0 Å². The zero-order valence-electron chi connectivity index (χ0n) is 8.91. The van der Waals surface area contributed by atoms with Gasteiger partial charge in [0.2, 0.25) is 6.54 Å². The van der Waals surface area contributed by atoms with Crippen molar-refractivity contribution in [3.8, 4) is 0 Å². The molecule has 1 aliphatic carbocycles. The van der Waals surface area contributed by atoms with E-state index >= 15 is 0 Å². The molecule has 78 valence electrons. The Morgan fingerprint density at radius 2 is 1.86 bits per heavy atom. The van der Waals surface area contributed by atoms with Crippen LogP contribution in [-0.2, 0) is 0 Å². The van der Waals surface area contributed by atoms with Crippen molar-refractivity contribution >= 4 is 0 Å². The quantitative estimate of drug-likeness (QED) is 0.610. The molecule has 1 unspecified atom stereocenters. The first kappa shape index (κ1) is 9.98. The first-order valence-corrected chi connectivity index (χ1v) is 6.01. The van der Waals surface area contributed by atoms with Gasteiger partial charge in [-0.2, -0.15) is 0 Å². The molecule has 2 heteroatoms. The minimum Gasteiger partial charge on any atom is -0.315 e. The Morgan fingerprint density at radius 1 is 1.07 bits per heavy atom. The highest BCUT2D eigenvalue weighted by Gasteiger charge is 2.32. The van der Waals surface area contributed by atoms with Crippen molar-refractivity contribution in [1.29, 1.82) is 0 Å². The van der Waals surface area contributed by atoms with Crippen molar-refractivity contribution in [2.24, 2.45) is 0 Å². The van der Waals surface area contributed by atoms with Crippen molar-refractivity contribution in [2.75, 3.05) is 13.1 Å². The van der Waals surface area contributed by atoms with Gasteiger partial charge in [-0.15, -0.1) is 0 Å². The van der Waals surface area contributed by atoms with E-state index in [-0.39, 0.29) is 0 Å². The fraction of sp³-hybridized carbons (Fsp3) is 0.917. The molecule has 0 amide bonds. The number of nitrogens with zero attached hydrogens (tertiary/aromatic N) is 2. The Bertz CT molecular complexity index is 213. The first-order chi connectivity index (χ1) is 6.92. The summed E-state index contributed by atoms with van der Waals surface area (Å²) >= 11 is 0. The smallest absolute Gasteiger partial charge is 0.230 e. The summed E-state index contributed by atoms with van der Waals surface area (Å²) in [5.41, 5.74) is 0. The Balaban J connectivity index is 1.91. The number of likely N-dealkylation sites (tertiary alicyclic amines) is 1. The van der Waals surface area contributed by atoms with E-state index in [0.717, 1.165) is 12.6 Å². The molecule has 2 aliphatic rings. The third-order valence-electron chi connectivity index (χ3n) is 3.77. The van der Waals surface area contributed by atoms with Gasteiger partial charge in [0, 0.05) is 6.04 Å². The molecule has 1 heterocycles. The molecule has 1 saturated heterocycles. The van der Waals surface area contributed by atoms with Crippen molar-refractivity contribution in [1.82, 2.24) is 4.90 Å². The lowest BCUT2D eigenvalue weighted by molar-refractivity contribution is 0.149. The molecule has 0 aromatic rings. The lowest BCUT2D eigenvalue weighted by Crippen LogP contribution is -2.41. The Labute approximate surface area is 87.1 Å². The van der Waals surface area contributed by atoms with Gasteiger partial charge in [-0.05, 0) is 32.2 Å². The van der Waals surface area contributed by atoms with Gasteiger partial charge in [0.05, 0.1) is 6.04 Å². The van der Waals surface area contributed by atoms with E-state index in [1.54, 1.807) is 0 Å². The summed E-state index contributed by atoms with van der Waals surface area (Å²) in [5.74, 6) is 0. The highest BCUT2D eigenvalue weighted by Crippen LogP contribution is 2.29. The Morgan fingerprint density at radius 3 is 2.57 bits per heavy atom. The molecule has 0 aromatic heterocycles. The van der Waals surface area contributed by atoms with Gasteiger partial charge < -0.3 is 4.85 Å². The van der Waals surface area contributed by atoms with Crippen LogP contribution in [0.3, 0.4) is 0 Å². The van der Waals surface area contributed by atoms with Gasteiger partial charge in [0.15, 0.2) is 0 Å².